The lowest BCUT2D eigenvalue weighted by Gasteiger charge is -2.09. The summed E-state index contributed by atoms with van der Waals surface area (Å²) in [6.07, 6.45) is 0.629. The zero-order valence-corrected chi connectivity index (χ0v) is 11.6. The maximum Gasteiger partial charge on any atom is 0.262 e. The largest absolute Gasteiger partial charge is 0.483 e. The molecule has 108 valence electrons. The van der Waals surface area contributed by atoms with E-state index < -0.39 is 11.7 Å². The highest BCUT2D eigenvalue weighted by Gasteiger charge is 2.09. The first-order valence-corrected chi connectivity index (χ1v) is 6.40. The Kier molecular flexibility index (Phi) is 4.90. The lowest BCUT2D eigenvalue weighted by molar-refractivity contribution is -0.118. The van der Waals surface area contributed by atoms with Gasteiger partial charge in [0.1, 0.15) is 11.6 Å². The zero-order chi connectivity index (χ0) is 15.2. The Labute approximate surface area is 125 Å². The Bertz CT molecular complexity index is 676. The van der Waals surface area contributed by atoms with Crippen molar-refractivity contribution in [2.24, 2.45) is 0 Å². The molecule has 0 spiro atoms. The number of aldehydes is 1. The number of hydrogen-bond donors (Lipinski definition) is 1. The molecule has 4 nitrogen and oxygen atoms in total. The Morgan fingerprint density at radius 2 is 2.05 bits per heavy atom. The molecule has 2 aromatic carbocycles. The molecule has 0 radical (unpaired) electrons. The fraction of sp³-hybridized carbons (Fsp3) is 0.0667. The quantitative estimate of drug-likeness (QED) is 0.862. The third-order valence-electron chi connectivity index (χ3n) is 2.61. The Morgan fingerprint density at radius 1 is 1.29 bits per heavy atom. The van der Waals surface area contributed by atoms with Gasteiger partial charge < -0.3 is 10.1 Å². The lowest BCUT2D eigenvalue weighted by atomic mass is 10.2. The number of rotatable bonds is 5. The van der Waals surface area contributed by atoms with Crippen LogP contribution in [0.3, 0.4) is 0 Å². The van der Waals surface area contributed by atoms with Gasteiger partial charge in [0.25, 0.3) is 5.91 Å². The number of carbonyl (C=O) groups is 2. The van der Waals surface area contributed by atoms with Crippen LogP contribution in [0.1, 0.15) is 10.4 Å². The minimum absolute atomic E-state index is 0.0280. The van der Waals surface area contributed by atoms with E-state index >= 15 is 0 Å². The van der Waals surface area contributed by atoms with Crippen molar-refractivity contribution in [2.75, 3.05) is 11.9 Å². The monoisotopic (exact) mass is 307 g/mol. The first-order valence-electron chi connectivity index (χ1n) is 6.02. The summed E-state index contributed by atoms with van der Waals surface area (Å²) in [5.74, 6) is -0.868. The number of para-hydroxylation sites is 1. The second-order valence-electron chi connectivity index (χ2n) is 4.12. The molecule has 0 aliphatic rings. The van der Waals surface area contributed by atoms with Gasteiger partial charge in [-0.15, -0.1) is 0 Å². The van der Waals surface area contributed by atoms with Gasteiger partial charge in [-0.25, -0.2) is 4.39 Å². The predicted octanol–water partition coefficient (Wildman–Crippen LogP) is 3.31. The van der Waals surface area contributed by atoms with E-state index in [1.165, 1.54) is 12.1 Å². The number of benzene rings is 2. The van der Waals surface area contributed by atoms with Gasteiger partial charge in [0.2, 0.25) is 0 Å². The number of nitrogens with one attached hydrogen (secondary N) is 1. The maximum atomic E-state index is 13.5. The molecular formula is C15H11ClFNO3. The van der Waals surface area contributed by atoms with Crippen LogP contribution in [0.25, 0.3) is 0 Å². The van der Waals surface area contributed by atoms with Gasteiger partial charge >= 0.3 is 0 Å². The van der Waals surface area contributed by atoms with E-state index in [2.05, 4.69) is 5.32 Å². The van der Waals surface area contributed by atoms with E-state index in [1.807, 2.05) is 0 Å². The van der Waals surface area contributed by atoms with Gasteiger partial charge in [-0.2, -0.15) is 0 Å². The van der Waals surface area contributed by atoms with Gasteiger partial charge in [-0.3, -0.25) is 9.59 Å². The Balaban J connectivity index is 1.99. The molecule has 2 aromatic rings. The van der Waals surface area contributed by atoms with Gasteiger partial charge in [-0.05, 0) is 30.3 Å². The molecule has 0 aromatic heterocycles. The minimum atomic E-state index is -0.596. The predicted molar refractivity (Wildman–Crippen MR) is 77.4 cm³/mol. The smallest absolute Gasteiger partial charge is 0.262 e. The van der Waals surface area contributed by atoms with Crippen LogP contribution in [0, 0.1) is 5.82 Å². The summed E-state index contributed by atoms with van der Waals surface area (Å²) in [6, 6.07) is 10.3. The summed E-state index contributed by atoms with van der Waals surface area (Å²) in [6.45, 7) is -0.350. The van der Waals surface area contributed by atoms with Crippen molar-refractivity contribution < 1.29 is 18.7 Å². The van der Waals surface area contributed by atoms with E-state index in [-0.39, 0.29) is 18.0 Å². The van der Waals surface area contributed by atoms with Crippen LogP contribution < -0.4 is 10.1 Å². The van der Waals surface area contributed by atoms with E-state index in [0.717, 1.165) is 6.07 Å². The number of hydrogen-bond acceptors (Lipinski definition) is 3. The van der Waals surface area contributed by atoms with Crippen molar-refractivity contribution in [3.8, 4) is 5.75 Å². The van der Waals surface area contributed by atoms with Crippen LogP contribution in [0.2, 0.25) is 5.02 Å². The number of ether oxygens (including phenoxy) is 1. The normalized spacial score (nSPS) is 10.0. The molecule has 6 heteroatoms. The fourth-order valence-electron chi connectivity index (χ4n) is 1.63. The highest BCUT2D eigenvalue weighted by Crippen LogP contribution is 2.20. The second kappa shape index (κ2) is 6.85. The molecule has 0 aliphatic carbocycles. The third kappa shape index (κ3) is 4.03. The molecule has 0 aliphatic heterocycles. The SMILES string of the molecule is O=Cc1ccccc1OCC(=O)Nc1cc(Cl)ccc1F. The zero-order valence-electron chi connectivity index (χ0n) is 10.8. The molecule has 0 saturated heterocycles. The van der Waals surface area contributed by atoms with Crippen LogP contribution in [0.15, 0.2) is 42.5 Å². The topological polar surface area (TPSA) is 55.4 Å². The summed E-state index contributed by atoms with van der Waals surface area (Å²) < 4.78 is 18.7. The molecule has 0 bridgehead atoms. The first kappa shape index (κ1) is 15.0. The van der Waals surface area contributed by atoms with E-state index in [4.69, 9.17) is 16.3 Å². The second-order valence-corrected chi connectivity index (χ2v) is 4.55. The molecule has 0 atom stereocenters. The summed E-state index contributed by atoms with van der Waals surface area (Å²) >= 11 is 5.72. The summed E-state index contributed by atoms with van der Waals surface area (Å²) in [4.78, 5) is 22.5. The van der Waals surface area contributed by atoms with Crippen LogP contribution in [-0.4, -0.2) is 18.8 Å². The van der Waals surface area contributed by atoms with Crippen LogP contribution in [-0.2, 0) is 4.79 Å². The summed E-state index contributed by atoms with van der Waals surface area (Å²) in [5, 5.41) is 2.65. The number of amides is 1. The van der Waals surface area contributed by atoms with Crippen molar-refractivity contribution in [3.05, 3.63) is 58.9 Å². The highest BCUT2D eigenvalue weighted by atomic mass is 35.5. The molecular weight excluding hydrogens is 297 g/mol. The van der Waals surface area contributed by atoms with Crippen molar-refractivity contribution in [1.29, 1.82) is 0 Å². The number of halogens is 2. The molecule has 21 heavy (non-hydrogen) atoms. The highest BCUT2D eigenvalue weighted by molar-refractivity contribution is 6.30. The molecule has 2 rings (SSSR count). The van der Waals surface area contributed by atoms with E-state index in [1.54, 1.807) is 24.3 Å². The maximum absolute atomic E-state index is 13.5. The molecule has 0 fully saturated rings. The van der Waals surface area contributed by atoms with Gasteiger partial charge in [0, 0.05) is 5.02 Å². The average molecular weight is 308 g/mol. The Morgan fingerprint density at radius 3 is 2.81 bits per heavy atom. The number of carbonyl (C=O) groups excluding carboxylic acids is 2. The fourth-order valence-corrected chi connectivity index (χ4v) is 1.80. The summed E-state index contributed by atoms with van der Waals surface area (Å²) in [5.41, 5.74) is 0.305. The standard InChI is InChI=1S/C15H11ClFNO3/c16-11-5-6-12(17)13(7-11)18-15(20)9-21-14-4-2-1-3-10(14)8-19/h1-8H,9H2,(H,18,20). The third-order valence-corrected chi connectivity index (χ3v) is 2.84. The van der Waals surface area contributed by atoms with Crippen LogP contribution >= 0.6 is 11.6 Å². The molecule has 0 heterocycles. The van der Waals surface area contributed by atoms with Crippen molar-refractivity contribution in [3.63, 3.8) is 0 Å². The summed E-state index contributed by atoms with van der Waals surface area (Å²) in [7, 11) is 0. The van der Waals surface area contributed by atoms with Gasteiger partial charge in [-0.1, -0.05) is 23.7 Å². The molecule has 1 amide bonds. The van der Waals surface area contributed by atoms with E-state index in [0.29, 0.717) is 16.9 Å². The van der Waals surface area contributed by atoms with Crippen molar-refractivity contribution >= 4 is 29.5 Å². The minimum Gasteiger partial charge on any atom is -0.483 e. The average Bonchev–Trinajstić information content (AvgIpc) is 2.49. The van der Waals surface area contributed by atoms with Crippen LogP contribution in [0.5, 0.6) is 5.75 Å². The molecule has 1 N–H and O–H groups in total. The first-order chi connectivity index (χ1) is 10.1. The van der Waals surface area contributed by atoms with Crippen molar-refractivity contribution in [1.82, 2.24) is 0 Å². The van der Waals surface area contributed by atoms with Crippen molar-refractivity contribution in [2.45, 2.75) is 0 Å². The molecule has 0 unspecified atom stereocenters. The van der Waals surface area contributed by atoms with Crippen LogP contribution in [0.4, 0.5) is 10.1 Å². The Hall–Kier alpha value is -2.40. The number of anilines is 1. The lowest BCUT2D eigenvalue weighted by Crippen LogP contribution is -2.21. The van der Waals surface area contributed by atoms with E-state index in [9.17, 15) is 14.0 Å². The van der Waals surface area contributed by atoms with Gasteiger partial charge in [0.05, 0.1) is 11.3 Å². The van der Waals surface area contributed by atoms with Gasteiger partial charge in [0.15, 0.2) is 12.9 Å². The molecule has 0 saturated carbocycles.